The van der Waals surface area contributed by atoms with E-state index in [1.54, 1.807) is 6.92 Å². The second kappa shape index (κ2) is 4.82. The van der Waals surface area contributed by atoms with Gasteiger partial charge >= 0.3 is 6.18 Å². The van der Waals surface area contributed by atoms with Crippen LogP contribution < -0.4 is 0 Å². The van der Waals surface area contributed by atoms with E-state index in [0.29, 0.717) is 6.42 Å². The van der Waals surface area contributed by atoms with Crippen molar-refractivity contribution in [3.8, 4) is 0 Å². The monoisotopic (exact) mass is 238 g/mol. The van der Waals surface area contributed by atoms with Gasteiger partial charge in [0.15, 0.2) is 5.82 Å². The van der Waals surface area contributed by atoms with E-state index in [4.69, 9.17) is 4.52 Å². The third kappa shape index (κ3) is 3.48. The summed E-state index contributed by atoms with van der Waals surface area (Å²) in [6, 6.07) is 0. The molecule has 0 radical (unpaired) electrons. The average Bonchev–Trinajstić information content (AvgIpc) is 2.50. The van der Waals surface area contributed by atoms with Crippen LogP contribution in [0.4, 0.5) is 13.2 Å². The van der Waals surface area contributed by atoms with E-state index < -0.39 is 30.4 Å². The number of aliphatic hydroxyl groups excluding tert-OH is 1. The van der Waals surface area contributed by atoms with Crippen LogP contribution >= 0.6 is 0 Å². The standard InChI is InChI=1S/C9H13F3N2O2/c1-3-6(5(2)15)8-13-7(14-16-8)4-9(10,11)12/h5-6,15H,3-4H2,1-2H3. The Morgan fingerprint density at radius 3 is 2.50 bits per heavy atom. The molecule has 0 spiro atoms. The van der Waals surface area contributed by atoms with Gasteiger partial charge in [0.05, 0.1) is 12.0 Å². The van der Waals surface area contributed by atoms with E-state index in [1.165, 1.54) is 6.92 Å². The van der Waals surface area contributed by atoms with E-state index in [2.05, 4.69) is 10.1 Å². The molecule has 0 saturated carbocycles. The summed E-state index contributed by atoms with van der Waals surface area (Å²) in [5.41, 5.74) is 0. The molecule has 0 amide bonds. The van der Waals surface area contributed by atoms with Crippen molar-refractivity contribution in [1.82, 2.24) is 10.1 Å². The number of rotatable bonds is 4. The summed E-state index contributed by atoms with van der Waals surface area (Å²) in [6.45, 7) is 3.31. The fourth-order valence-electron chi connectivity index (χ4n) is 1.39. The van der Waals surface area contributed by atoms with Crippen LogP contribution in [0.2, 0.25) is 0 Å². The lowest BCUT2D eigenvalue weighted by Crippen LogP contribution is -2.15. The van der Waals surface area contributed by atoms with Gasteiger partial charge in [0, 0.05) is 0 Å². The molecule has 4 nitrogen and oxygen atoms in total. The van der Waals surface area contributed by atoms with Gasteiger partial charge in [-0.25, -0.2) is 0 Å². The summed E-state index contributed by atoms with van der Waals surface area (Å²) in [5.74, 6) is -0.771. The number of nitrogens with zero attached hydrogens (tertiary/aromatic N) is 2. The van der Waals surface area contributed by atoms with Crippen molar-refractivity contribution in [3.05, 3.63) is 11.7 Å². The van der Waals surface area contributed by atoms with E-state index in [1.807, 2.05) is 0 Å². The van der Waals surface area contributed by atoms with E-state index >= 15 is 0 Å². The van der Waals surface area contributed by atoms with Crippen molar-refractivity contribution in [2.45, 2.75) is 44.9 Å². The first kappa shape index (κ1) is 13.0. The van der Waals surface area contributed by atoms with Crippen LogP contribution in [0.5, 0.6) is 0 Å². The van der Waals surface area contributed by atoms with Crippen molar-refractivity contribution < 1.29 is 22.8 Å². The van der Waals surface area contributed by atoms with Gasteiger partial charge in [-0.05, 0) is 13.3 Å². The predicted molar refractivity (Wildman–Crippen MR) is 48.8 cm³/mol. The molecule has 2 atom stereocenters. The SMILES string of the molecule is CCC(c1nc(CC(F)(F)F)no1)C(C)O. The first-order chi connectivity index (χ1) is 7.33. The molecule has 7 heteroatoms. The Morgan fingerprint density at radius 1 is 1.44 bits per heavy atom. The lowest BCUT2D eigenvalue weighted by atomic mass is 10.0. The molecule has 0 aliphatic rings. The zero-order valence-corrected chi connectivity index (χ0v) is 8.95. The maximum Gasteiger partial charge on any atom is 0.396 e. The van der Waals surface area contributed by atoms with Crippen LogP contribution in [0.15, 0.2) is 4.52 Å². The molecule has 0 aromatic carbocycles. The van der Waals surface area contributed by atoms with Gasteiger partial charge in [-0.2, -0.15) is 18.2 Å². The molecule has 1 aromatic heterocycles. The molecule has 1 heterocycles. The summed E-state index contributed by atoms with van der Waals surface area (Å²) in [7, 11) is 0. The molecule has 1 rings (SSSR count). The molecule has 16 heavy (non-hydrogen) atoms. The fraction of sp³-hybridized carbons (Fsp3) is 0.778. The van der Waals surface area contributed by atoms with Crippen molar-refractivity contribution in [3.63, 3.8) is 0 Å². The summed E-state index contributed by atoms with van der Waals surface area (Å²) in [5, 5.41) is 12.6. The third-order valence-corrected chi connectivity index (χ3v) is 2.18. The topological polar surface area (TPSA) is 59.2 Å². The van der Waals surface area contributed by atoms with Gasteiger partial charge in [0.2, 0.25) is 5.89 Å². The molecule has 0 saturated heterocycles. The molecular formula is C9H13F3N2O2. The van der Waals surface area contributed by atoms with Crippen molar-refractivity contribution in [2.24, 2.45) is 0 Å². The van der Waals surface area contributed by atoms with Crippen LogP contribution in [0.25, 0.3) is 0 Å². The third-order valence-electron chi connectivity index (χ3n) is 2.18. The van der Waals surface area contributed by atoms with Crippen molar-refractivity contribution in [1.29, 1.82) is 0 Å². The Labute approximate surface area is 90.5 Å². The van der Waals surface area contributed by atoms with Gasteiger partial charge in [-0.3, -0.25) is 0 Å². The summed E-state index contributed by atoms with van der Waals surface area (Å²) >= 11 is 0. The number of alkyl halides is 3. The molecule has 92 valence electrons. The molecule has 2 unspecified atom stereocenters. The first-order valence-corrected chi connectivity index (χ1v) is 4.90. The fourth-order valence-corrected chi connectivity index (χ4v) is 1.39. The average molecular weight is 238 g/mol. The van der Waals surface area contributed by atoms with E-state index in [0.717, 1.165) is 0 Å². The maximum atomic E-state index is 12.0. The van der Waals surface area contributed by atoms with Gasteiger partial charge in [-0.1, -0.05) is 12.1 Å². The summed E-state index contributed by atoms with van der Waals surface area (Å²) in [6.07, 6.45) is -5.78. The zero-order chi connectivity index (χ0) is 12.3. The summed E-state index contributed by atoms with van der Waals surface area (Å²) in [4.78, 5) is 3.63. The smallest absolute Gasteiger partial charge is 0.393 e. The van der Waals surface area contributed by atoms with Crippen LogP contribution in [0.3, 0.4) is 0 Å². The lowest BCUT2D eigenvalue weighted by molar-refractivity contribution is -0.128. The first-order valence-electron chi connectivity index (χ1n) is 4.90. The lowest BCUT2D eigenvalue weighted by Gasteiger charge is -2.12. The Morgan fingerprint density at radius 2 is 2.06 bits per heavy atom. The molecule has 1 aromatic rings. The van der Waals surface area contributed by atoms with Crippen molar-refractivity contribution in [2.75, 3.05) is 0 Å². The maximum absolute atomic E-state index is 12.0. The quantitative estimate of drug-likeness (QED) is 0.872. The van der Waals surface area contributed by atoms with Gasteiger partial charge < -0.3 is 9.63 Å². The largest absolute Gasteiger partial charge is 0.396 e. The van der Waals surface area contributed by atoms with Crippen LogP contribution in [0, 0.1) is 0 Å². The van der Waals surface area contributed by atoms with Crippen LogP contribution in [0.1, 0.15) is 37.9 Å². The number of hydrogen-bond acceptors (Lipinski definition) is 4. The summed E-state index contributed by atoms with van der Waals surface area (Å²) < 4.78 is 40.8. The van der Waals surface area contributed by atoms with Crippen LogP contribution in [-0.2, 0) is 6.42 Å². The molecule has 0 fully saturated rings. The highest BCUT2D eigenvalue weighted by Gasteiger charge is 2.31. The van der Waals surface area contributed by atoms with Gasteiger partial charge in [0.1, 0.15) is 6.42 Å². The van der Waals surface area contributed by atoms with Gasteiger partial charge in [0.25, 0.3) is 0 Å². The second-order valence-corrected chi connectivity index (χ2v) is 3.60. The Hall–Kier alpha value is -1.11. The number of aliphatic hydroxyl groups is 1. The van der Waals surface area contributed by atoms with E-state index in [9.17, 15) is 18.3 Å². The molecule has 0 aliphatic carbocycles. The Kier molecular flexibility index (Phi) is 3.90. The minimum atomic E-state index is -4.35. The number of hydrogen-bond donors (Lipinski definition) is 1. The van der Waals surface area contributed by atoms with Crippen molar-refractivity contribution >= 4 is 0 Å². The van der Waals surface area contributed by atoms with E-state index in [-0.39, 0.29) is 5.89 Å². The highest BCUT2D eigenvalue weighted by atomic mass is 19.4. The minimum absolute atomic E-state index is 0.0525. The highest BCUT2D eigenvalue weighted by molar-refractivity contribution is 4.97. The molecule has 1 N–H and O–H groups in total. The highest BCUT2D eigenvalue weighted by Crippen LogP contribution is 2.24. The zero-order valence-electron chi connectivity index (χ0n) is 8.95. The molecule has 0 aliphatic heterocycles. The molecule has 0 bridgehead atoms. The normalized spacial score (nSPS) is 16.1. The minimum Gasteiger partial charge on any atom is -0.393 e. The number of aromatic nitrogens is 2. The number of halogens is 3. The second-order valence-electron chi connectivity index (χ2n) is 3.60. The molecular weight excluding hydrogens is 225 g/mol. The Bertz CT molecular complexity index is 336. The van der Waals surface area contributed by atoms with Crippen LogP contribution in [-0.4, -0.2) is 27.5 Å². The Balaban J connectivity index is 2.78. The van der Waals surface area contributed by atoms with Gasteiger partial charge in [-0.15, -0.1) is 0 Å². The predicted octanol–water partition coefficient (Wildman–Crippen LogP) is 2.05.